The Kier molecular flexibility index (Phi) is 6.97. The van der Waals surface area contributed by atoms with Crippen molar-refractivity contribution in [3.05, 3.63) is 0 Å². The van der Waals surface area contributed by atoms with Crippen molar-refractivity contribution in [3.63, 3.8) is 0 Å². The van der Waals surface area contributed by atoms with Crippen molar-refractivity contribution in [2.75, 3.05) is 39.3 Å². The van der Waals surface area contributed by atoms with Gasteiger partial charge in [0.25, 0.3) is 0 Å². The highest BCUT2D eigenvalue weighted by molar-refractivity contribution is 4.85. The Bertz CT molecular complexity index is 286. The molecule has 0 aromatic rings. The maximum Gasteiger partial charge on any atom is 0.0243 e. The molecular weight excluding hydrogens is 258 g/mol. The molecule has 0 aliphatic carbocycles. The number of hydrogen-bond acceptors (Lipinski definition) is 3. The largest absolute Gasteiger partial charge is 0.312 e. The van der Waals surface area contributed by atoms with E-state index in [1.54, 1.807) is 0 Å². The highest BCUT2D eigenvalue weighted by atomic mass is 15.2. The van der Waals surface area contributed by atoms with Gasteiger partial charge in [-0.25, -0.2) is 0 Å². The van der Waals surface area contributed by atoms with Crippen molar-refractivity contribution >= 4 is 0 Å². The number of rotatable bonds is 7. The van der Waals surface area contributed by atoms with Gasteiger partial charge in [0, 0.05) is 25.2 Å². The van der Waals surface area contributed by atoms with Crippen LogP contribution < -0.4 is 5.32 Å². The van der Waals surface area contributed by atoms with Gasteiger partial charge in [-0.2, -0.15) is 0 Å². The van der Waals surface area contributed by atoms with Crippen molar-refractivity contribution < 1.29 is 0 Å². The molecule has 0 spiro atoms. The summed E-state index contributed by atoms with van der Waals surface area (Å²) in [5, 5.41) is 3.89. The molecule has 3 heteroatoms. The molecule has 21 heavy (non-hydrogen) atoms. The Labute approximate surface area is 132 Å². The predicted octanol–water partition coefficient (Wildman–Crippen LogP) is 2.82. The molecule has 2 heterocycles. The van der Waals surface area contributed by atoms with Crippen LogP contribution in [-0.2, 0) is 0 Å². The summed E-state index contributed by atoms with van der Waals surface area (Å²) in [6, 6.07) is 1.38. The van der Waals surface area contributed by atoms with Crippen molar-refractivity contribution in [1.29, 1.82) is 0 Å². The van der Waals surface area contributed by atoms with Crippen LogP contribution in [-0.4, -0.2) is 61.2 Å². The summed E-state index contributed by atoms with van der Waals surface area (Å²) in [5.74, 6) is 1.59. The minimum absolute atomic E-state index is 0.656. The smallest absolute Gasteiger partial charge is 0.0243 e. The lowest BCUT2D eigenvalue weighted by Gasteiger charge is -2.37. The zero-order valence-corrected chi connectivity index (χ0v) is 14.8. The van der Waals surface area contributed by atoms with E-state index >= 15 is 0 Å². The standard InChI is InChI=1S/C18H37N3/c1-5-20-10-8-9-17(14-20)16(4)19-13-18(15(2)3)21-11-6-7-12-21/h15-19H,5-14H2,1-4H3. The van der Waals surface area contributed by atoms with E-state index in [1.807, 2.05) is 0 Å². The molecule has 0 bridgehead atoms. The summed E-state index contributed by atoms with van der Waals surface area (Å²) in [6.45, 7) is 17.1. The predicted molar refractivity (Wildman–Crippen MR) is 91.7 cm³/mol. The van der Waals surface area contributed by atoms with Crippen molar-refractivity contribution in [1.82, 2.24) is 15.1 Å². The van der Waals surface area contributed by atoms with E-state index in [-0.39, 0.29) is 0 Å². The highest BCUT2D eigenvalue weighted by Crippen LogP contribution is 2.21. The third-order valence-electron chi connectivity index (χ3n) is 5.72. The number of nitrogens with zero attached hydrogens (tertiary/aromatic N) is 2. The second-order valence-electron chi connectivity index (χ2n) is 7.55. The minimum Gasteiger partial charge on any atom is -0.312 e. The first kappa shape index (κ1) is 17.2. The fourth-order valence-electron chi connectivity index (χ4n) is 4.12. The second kappa shape index (κ2) is 8.50. The first-order valence-corrected chi connectivity index (χ1v) is 9.31. The lowest BCUT2D eigenvalue weighted by molar-refractivity contribution is 0.141. The van der Waals surface area contributed by atoms with Crippen molar-refractivity contribution in [3.8, 4) is 0 Å². The van der Waals surface area contributed by atoms with E-state index in [2.05, 4.69) is 42.8 Å². The molecule has 2 aliphatic rings. The molecule has 124 valence electrons. The number of piperidine rings is 1. The molecule has 2 saturated heterocycles. The molecule has 0 amide bonds. The Morgan fingerprint density at radius 2 is 1.76 bits per heavy atom. The Morgan fingerprint density at radius 1 is 1.05 bits per heavy atom. The number of likely N-dealkylation sites (tertiary alicyclic amines) is 2. The molecular formula is C18H37N3. The van der Waals surface area contributed by atoms with Gasteiger partial charge in [-0.05, 0) is 70.6 Å². The van der Waals surface area contributed by atoms with Crippen LogP contribution in [0.5, 0.6) is 0 Å². The molecule has 2 fully saturated rings. The summed E-state index contributed by atoms with van der Waals surface area (Å²) < 4.78 is 0. The summed E-state index contributed by atoms with van der Waals surface area (Å²) in [4.78, 5) is 5.33. The number of hydrogen-bond donors (Lipinski definition) is 1. The topological polar surface area (TPSA) is 18.5 Å². The average Bonchev–Trinajstić information content (AvgIpc) is 3.01. The van der Waals surface area contributed by atoms with E-state index in [9.17, 15) is 0 Å². The molecule has 0 saturated carbocycles. The highest BCUT2D eigenvalue weighted by Gasteiger charge is 2.27. The van der Waals surface area contributed by atoms with Gasteiger partial charge >= 0.3 is 0 Å². The maximum atomic E-state index is 3.89. The van der Waals surface area contributed by atoms with Crippen LogP contribution in [0.2, 0.25) is 0 Å². The van der Waals surface area contributed by atoms with Gasteiger partial charge in [0.05, 0.1) is 0 Å². The summed E-state index contributed by atoms with van der Waals surface area (Å²) >= 11 is 0. The zero-order chi connectivity index (χ0) is 15.2. The first-order chi connectivity index (χ1) is 10.1. The van der Waals surface area contributed by atoms with Gasteiger partial charge in [-0.3, -0.25) is 4.90 Å². The van der Waals surface area contributed by atoms with E-state index < -0.39 is 0 Å². The van der Waals surface area contributed by atoms with E-state index in [4.69, 9.17) is 0 Å². The molecule has 0 aromatic heterocycles. The van der Waals surface area contributed by atoms with Crippen LogP contribution in [0.1, 0.15) is 53.4 Å². The van der Waals surface area contributed by atoms with Gasteiger partial charge < -0.3 is 10.2 Å². The fraction of sp³-hybridized carbons (Fsp3) is 1.00. The van der Waals surface area contributed by atoms with Gasteiger partial charge in [0.15, 0.2) is 0 Å². The number of nitrogens with one attached hydrogen (secondary N) is 1. The van der Waals surface area contributed by atoms with E-state index in [1.165, 1.54) is 65.0 Å². The summed E-state index contributed by atoms with van der Waals surface area (Å²) in [6.07, 6.45) is 5.57. The fourth-order valence-corrected chi connectivity index (χ4v) is 4.12. The van der Waals surface area contributed by atoms with E-state index in [0.29, 0.717) is 6.04 Å². The third-order valence-corrected chi connectivity index (χ3v) is 5.72. The monoisotopic (exact) mass is 295 g/mol. The second-order valence-corrected chi connectivity index (χ2v) is 7.55. The van der Waals surface area contributed by atoms with Gasteiger partial charge in [-0.1, -0.05) is 20.8 Å². The van der Waals surface area contributed by atoms with Crippen LogP contribution in [0, 0.1) is 11.8 Å². The molecule has 0 aromatic carbocycles. The maximum absolute atomic E-state index is 3.89. The average molecular weight is 296 g/mol. The SMILES string of the molecule is CCN1CCCC(C(C)NCC(C(C)C)N2CCCC2)C1. The first-order valence-electron chi connectivity index (χ1n) is 9.31. The van der Waals surface area contributed by atoms with Crippen LogP contribution in [0.4, 0.5) is 0 Å². The Balaban J connectivity index is 1.79. The summed E-state index contributed by atoms with van der Waals surface area (Å²) in [5.41, 5.74) is 0. The summed E-state index contributed by atoms with van der Waals surface area (Å²) in [7, 11) is 0. The molecule has 1 N–H and O–H groups in total. The van der Waals surface area contributed by atoms with E-state index in [0.717, 1.165) is 17.9 Å². The molecule has 2 rings (SSSR count). The Hall–Kier alpha value is -0.120. The minimum atomic E-state index is 0.656. The lowest BCUT2D eigenvalue weighted by atomic mass is 9.91. The Morgan fingerprint density at radius 3 is 2.38 bits per heavy atom. The van der Waals surface area contributed by atoms with Crippen LogP contribution in [0.25, 0.3) is 0 Å². The third kappa shape index (κ3) is 4.94. The lowest BCUT2D eigenvalue weighted by Crippen LogP contribution is -2.50. The molecule has 2 aliphatic heterocycles. The molecule has 3 unspecified atom stereocenters. The normalized spacial score (nSPS) is 28.1. The molecule has 0 radical (unpaired) electrons. The molecule has 3 nitrogen and oxygen atoms in total. The van der Waals surface area contributed by atoms with Crippen molar-refractivity contribution in [2.24, 2.45) is 11.8 Å². The van der Waals surface area contributed by atoms with Crippen LogP contribution in [0.3, 0.4) is 0 Å². The quantitative estimate of drug-likeness (QED) is 0.779. The van der Waals surface area contributed by atoms with Crippen LogP contribution >= 0.6 is 0 Å². The van der Waals surface area contributed by atoms with Gasteiger partial charge in [-0.15, -0.1) is 0 Å². The van der Waals surface area contributed by atoms with Crippen molar-refractivity contribution in [2.45, 2.75) is 65.5 Å². The zero-order valence-electron chi connectivity index (χ0n) is 14.8. The van der Waals surface area contributed by atoms with Crippen LogP contribution in [0.15, 0.2) is 0 Å². The van der Waals surface area contributed by atoms with Gasteiger partial charge in [0.2, 0.25) is 0 Å². The van der Waals surface area contributed by atoms with Gasteiger partial charge in [0.1, 0.15) is 0 Å². The molecule has 3 atom stereocenters.